The third-order valence-corrected chi connectivity index (χ3v) is 12.5. The van der Waals surface area contributed by atoms with Crippen LogP contribution in [0.15, 0.2) is 215 Å². The normalized spacial score (nSPS) is 10.7. The van der Waals surface area contributed by atoms with E-state index in [1.807, 2.05) is 310 Å². The first-order chi connectivity index (χ1) is 49.7. The molecule has 6 aliphatic heterocycles. The molecule has 9 nitrogen and oxygen atoms in total. The monoisotopic (exact) mass is 1370 g/mol. The molecule has 9 heteroatoms. The SMILES string of the molecule is C1=NCCc2ccccc21.C1=Nc2ccccc2C1.C1=Nc2ccccc2CC1.C1=Nc2ccccc2CC1.CC.CC.CC.CC.CC.CC.CC.CC.CC.CC.CC.CC.CC.CC.CC.c1ccc2c(c1)CCc1nccn1-2.c1ccc2c(c1)CNC2.c1ccn2ccnc2c1. The van der Waals surface area contributed by atoms with Crippen LogP contribution in [0.3, 0.4) is 0 Å². The van der Waals surface area contributed by atoms with E-state index in [4.69, 9.17) is 0 Å². The molecule has 0 bridgehead atoms. The first-order valence-electron chi connectivity index (χ1n) is 39.4. The Morgan fingerprint density at radius 3 is 1.16 bits per heavy atom. The number of hydrogen-bond acceptors (Lipinski definition) is 7. The lowest BCUT2D eigenvalue weighted by molar-refractivity contribution is 0.765. The summed E-state index contributed by atoms with van der Waals surface area (Å²) in [4.78, 5) is 25.3. The molecular formula is C91H149N9. The first kappa shape index (κ1) is 105. The summed E-state index contributed by atoms with van der Waals surface area (Å²) in [6.45, 7) is 63.1. The number of nitrogens with zero attached hydrogens (tertiary/aromatic N) is 8. The molecule has 0 atom stereocenters. The van der Waals surface area contributed by atoms with Crippen molar-refractivity contribution in [3.8, 4) is 5.69 Å². The van der Waals surface area contributed by atoms with Gasteiger partial charge in [0, 0.05) is 94.0 Å². The molecule has 0 saturated heterocycles. The van der Waals surface area contributed by atoms with E-state index in [2.05, 4.69) is 155 Å². The minimum Gasteiger partial charge on any atom is -0.309 e. The van der Waals surface area contributed by atoms with E-state index in [1.165, 1.54) is 56.0 Å². The highest BCUT2D eigenvalue weighted by Crippen LogP contribution is 2.25. The van der Waals surface area contributed by atoms with Crippen LogP contribution in [0.4, 0.5) is 17.1 Å². The van der Waals surface area contributed by atoms with E-state index in [9.17, 15) is 0 Å². The molecule has 6 aliphatic rings. The van der Waals surface area contributed by atoms with Crippen molar-refractivity contribution in [2.24, 2.45) is 20.0 Å². The quantitative estimate of drug-likeness (QED) is 0.164. The second-order valence-electron chi connectivity index (χ2n) is 17.2. The lowest BCUT2D eigenvalue weighted by Gasteiger charge is -2.17. The van der Waals surface area contributed by atoms with Gasteiger partial charge in [-0.3, -0.25) is 20.0 Å². The Balaban J connectivity index is -0.000000190. The number of para-hydroxylation sites is 4. The van der Waals surface area contributed by atoms with Crippen molar-refractivity contribution < 1.29 is 0 Å². The van der Waals surface area contributed by atoms with Crippen LogP contribution in [0.1, 0.15) is 271 Å². The number of imidazole rings is 2. The maximum absolute atomic E-state index is 4.32. The lowest BCUT2D eigenvalue weighted by atomic mass is 10.0. The summed E-state index contributed by atoms with van der Waals surface area (Å²) < 4.78 is 4.15. The highest BCUT2D eigenvalue weighted by atomic mass is 15.1. The maximum Gasteiger partial charge on any atom is 0.136 e. The van der Waals surface area contributed by atoms with Crippen LogP contribution < -0.4 is 5.32 Å². The standard InChI is InChI=1S/C11H10N2.3C9H9N.C8H9N.C8H7N.C7H6N2.15C2H6/c1-2-4-10-9(3-1)5-6-11-12-7-8-13(10)11;2*1-2-6-9-8(4-1)5-3-7-10-9;1-2-4-9-7-10-6-5-8(9)3-1;1-2-4-8-6-9-5-7(8)3-1;1-2-4-8-7(3-1)5-6-9-8;1-2-5-9-6-4-8-7(9)3-1;15*1-2/h1-4,7-8H,5-6H2;2*1-2,4,6-7H,3,5H2;1-4,7H,5-6H2;1-4,9H,5-6H2;1-4,6H,5H2;1-6H;15*1-2H3. The van der Waals surface area contributed by atoms with Crippen LogP contribution in [0.5, 0.6) is 0 Å². The molecule has 558 valence electrons. The van der Waals surface area contributed by atoms with Crippen LogP contribution in [0, 0.1) is 0 Å². The molecule has 1 N–H and O–H groups in total. The van der Waals surface area contributed by atoms with E-state index in [0.29, 0.717) is 0 Å². The van der Waals surface area contributed by atoms with Crippen LogP contribution in [0.2, 0.25) is 0 Å². The Morgan fingerprint density at radius 1 is 0.310 bits per heavy atom. The maximum atomic E-state index is 4.32. The van der Waals surface area contributed by atoms with Gasteiger partial charge in [0.2, 0.25) is 0 Å². The summed E-state index contributed by atoms with van der Waals surface area (Å²) in [5, 5.41) is 3.29. The zero-order valence-corrected chi connectivity index (χ0v) is 69.6. The van der Waals surface area contributed by atoms with Gasteiger partial charge >= 0.3 is 0 Å². The molecule has 3 aromatic heterocycles. The molecule has 0 saturated carbocycles. The molecule has 0 aliphatic carbocycles. The van der Waals surface area contributed by atoms with E-state index < -0.39 is 0 Å². The van der Waals surface area contributed by atoms with Crippen molar-refractivity contribution in [1.82, 2.24) is 24.3 Å². The Kier molecular flexibility index (Phi) is 87.7. The Morgan fingerprint density at radius 2 is 0.700 bits per heavy atom. The van der Waals surface area contributed by atoms with Gasteiger partial charge in [-0.1, -0.05) is 335 Å². The molecule has 0 spiro atoms. The second kappa shape index (κ2) is 83.3. The number of aryl methyl sites for hydroxylation is 4. The average Bonchev–Trinajstić information content (AvgIpc) is 1.59. The number of nitrogens with one attached hydrogen (secondary N) is 1. The van der Waals surface area contributed by atoms with Crippen molar-refractivity contribution in [2.75, 3.05) is 6.54 Å². The van der Waals surface area contributed by atoms with E-state index in [1.54, 1.807) is 6.20 Å². The van der Waals surface area contributed by atoms with Gasteiger partial charge in [0.1, 0.15) is 11.5 Å². The average molecular weight is 1370 g/mol. The molecule has 100 heavy (non-hydrogen) atoms. The van der Waals surface area contributed by atoms with Gasteiger partial charge in [-0.25, -0.2) is 9.97 Å². The summed E-state index contributed by atoms with van der Waals surface area (Å²) in [5.41, 5.74) is 16.9. The summed E-state index contributed by atoms with van der Waals surface area (Å²) in [5.74, 6) is 1.18. The summed E-state index contributed by atoms with van der Waals surface area (Å²) in [6.07, 6.45) is 26.3. The number of rotatable bonds is 0. The van der Waals surface area contributed by atoms with Crippen molar-refractivity contribution in [3.63, 3.8) is 0 Å². The van der Waals surface area contributed by atoms with E-state index in [0.717, 1.165) is 93.7 Å². The predicted octanol–water partition coefficient (Wildman–Crippen LogP) is 28.3. The molecular weight excluding hydrogens is 1220 g/mol. The summed E-state index contributed by atoms with van der Waals surface area (Å²) in [6, 6.07) is 56.2. The summed E-state index contributed by atoms with van der Waals surface area (Å²) >= 11 is 0. The first-order valence-corrected chi connectivity index (χ1v) is 39.4. The Hall–Kier alpha value is -8.14. The van der Waals surface area contributed by atoms with Crippen molar-refractivity contribution >= 4 is 47.6 Å². The van der Waals surface area contributed by atoms with Gasteiger partial charge < -0.3 is 14.3 Å². The molecule has 15 rings (SSSR count). The van der Waals surface area contributed by atoms with Crippen LogP contribution in [-0.2, 0) is 51.6 Å². The van der Waals surface area contributed by atoms with Gasteiger partial charge in [-0.15, -0.1) is 0 Å². The molecule has 0 radical (unpaired) electrons. The van der Waals surface area contributed by atoms with Gasteiger partial charge in [-0.2, -0.15) is 0 Å². The number of pyridine rings is 1. The lowest BCUT2D eigenvalue weighted by Crippen LogP contribution is -2.11. The van der Waals surface area contributed by atoms with E-state index in [-0.39, 0.29) is 0 Å². The highest BCUT2D eigenvalue weighted by Gasteiger charge is 2.14. The molecule has 0 fully saturated rings. The molecule has 6 aromatic carbocycles. The van der Waals surface area contributed by atoms with E-state index >= 15 is 0 Å². The Bertz CT molecular complexity index is 3010. The van der Waals surface area contributed by atoms with Gasteiger partial charge in [-0.05, 0) is 119 Å². The van der Waals surface area contributed by atoms with Crippen molar-refractivity contribution in [1.29, 1.82) is 0 Å². The van der Waals surface area contributed by atoms with Crippen LogP contribution in [0.25, 0.3) is 11.3 Å². The molecule has 0 amide bonds. The predicted molar refractivity (Wildman–Crippen MR) is 460 cm³/mol. The third kappa shape index (κ3) is 44.1. The van der Waals surface area contributed by atoms with Crippen LogP contribution >= 0.6 is 0 Å². The fraction of sp³-hybridized carbons (Fsp3) is 0.451. The minimum absolute atomic E-state index is 0.955. The number of aliphatic imine (C=N–C) groups is 4. The van der Waals surface area contributed by atoms with Gasteiger partial charge in [0.25, 0.3) is 0 Å². The third-order valence-electron chi connectivity index (χ3n) is 12.5. The second-order valence-corrected chi connectivity index (χ2v) is 17.2. The largest absolute Gasteiger partial charge is 0.309 e. The molecule has 9 heterocycles. The number of benzene rings is 6. The Labute approximate surface area is 617 Å². The van der Waals surface area contributed by atoms with Crippen molar-refractivity contribution in [3.05, 3.63) is 245 Å². The van der Waals surface area contributed by atoms with Gasteiger partial charge in [0.15, 0.2) is 0 Å². The van der Waals surface area contributed by atoms with Crippen molar-refractivity contribution in [2.45, 2.75) is 272 Å². The van der Waals surface area contributed by atoms with Gasteiger partial charge in [0.05, 0.1) is 17.1 Å². The zero-order chi connectivity index (χ0) is 77.4. The smallest absolute Gasteiger partial charge is 0.136 e. The fourth-order valence-corrected chi connectivity index (χ4v) is 8.79. The zero-order valence-electron chi connectivity index (χ0n) is 69.6. The minimum atomic E-state index is 0.955. The molecule has 0 unspecified atom stereocenters. The highest BCUT2D eigenvalue weighted by molar-refractivity contribution is 5.82. The van der Waals surface area contributed by atoms with Crippen LogP contribution in [-0.4, -0.2) is 50.3 Å². The number of aromatic nitrogens is 4. The number of hydrogen-bond donors (Lipinski definition) is 1. The number of fused-ring (bicyclic) bond motifs is 9. The topological polar surface area (TPSA) is 96.6 Å². The fourth-order valence-electron chi connectivity index (χ4n) is 8.79. The molecule has 9 aromatic rings. The summed E-state index contributed by atoms with van der Waals surface area (Å²) in [7, 11) is 0.